The van der Waals surface area contributed by atoms with Crippen molar-refractivity contribution in [2.45, 2.75) is 6.10 Å². The number of piperazine rings is 1. The number of benzene rings is 2. The highest BCUT2D eigenvalue weighted by Crippen LogP contribution is 2.21. The SMILES string of the molecule is COC(CN1CCN(c2ccc(F)cc2)CC1)c1ccccc1.Cl. The van der Waals surface area contributed by atoms with Crippen LogP contribution >= 0.6 is 12.4 Å². The third kappa shape index (κ3) is 4.69. The van der Waals surface area contributed by atoms with Crippen molar-refractivity contribution < 1.29 is 9.13 Å². The van der Waals surface area contributed by atoms with Crippen LogP contribution in [0.2, 0.25) is 0 Å². The van der Waals surface area contributed by atoms with Gasteiger partial charge in [-0.05, 0) is 29.8 Å². The molecule has 1 aliphatic heterocycles. The molecule has 0 N–H and O–H groups in total. The molecule has 2 aromatic carbocycles. The second kappa shape index (κ2) is 9.02. The van der Waals surface area contributed by atoms with E-state index in [1.54, 1.807) is 7.11 Å². The van der Waals surface area contributed by atoms with Gasteiger partial charge in [0.15, 0.2) is 0 Å². The van der Waals surface area contributed by atoms with Crippen LogP contribution in [0.4, 0.5) is 10.1 Å². The van der Waals surface area contributed by atoms with Crippen LogP contribution in [0.1, 0.15) is 11.7 Å². The van der Waals surface area contributed by atoms with E-state index in [4.69, 9.17) is 4.74 Å². The van der Waals surface area contributed by atoms with Crippen molar-refractivity contribution in [1.29, 1.82) is 0 Å². The van der Waals surface area contributed by atoms with Crippen molar-refractivity contribution in [2.24, 2.45) is 0 Å². The second-order valence-electron chi connectivity index (χ2n) is 5.90. The first-order valence-electron chi connectivity index (χ1n) is 8.07. The molecule has 1 heterocycles. The molecule has 0 radical (unpaired) electrons. The minimum absolute atomic E-state index is 0. The van der Waals surface area contributed by atoms with Crippen LogP contribution in [0.3, 0.4) is 0 Å². The zero-order chi connectivity index (χ0) is 16.1. The molecule has 1 unspecified atom stereocenters. The van der Waals surface area contributed by atoms with Crippen LogP contribution in [0.25, 0.3) is 0 Å². The van der Waals surface area contributed by atoms with Gasteiger partial charge in [0.1, 0.15) is 5.82 Å². The van der Waals surface area contributed by atoms with Crippen molar-refractivity contribution in [3.63, 3.8) is 0 Å². The fourth-order valence-corrected chi connectivity index (χ4v) is 3.06. The molecule has 1 aliphatic rings. The third-order valence-electron chi connectivity index (χ3n) is 4.44. The van der Waals surface area contributed by atoms with Crippen molar-refractivity contribution in [2.75, 3.05) is 44.7 Å². The molecule has 1 fully saturated rings. The molecule has 3 rings (SSSR count). The van der Waals surface area contributed by atoms with E-state index >= 15 is 0 Å². The summed E-state index contributed by atoms with van der Waals surface area (Å²) >= 11 is 0. The molecule has 0 bridgehead atoms. The molecule has 0 spiro atoms. The lowest BCUT2D eigenvalue weighted by molar-refractivity contribution is 0.0615. The highest BCUT2D eigenvalue weighted by atomic mass is 35.5. The fraction of sp³-hybridized carbons (Fsp3) is 0.368. The van der Waals surface area contributed by atoms with E-state index < -0.39 is 0 Å². The van der Waals surface area contributed by atoms with Crippen LogP contribution < -0.4 is 4.90 Å². The second-order valence-corrected chi connectivity index (χ2v) is 5.90. The summed E-state index contributed by atoms with van der Waals surface area (Å²) in [5, 5.41) is 0. The Morgan fingerprint density at radius 2 is 1.58 bits per heavy atom. The lowest BCUT2D eigenvalue weighted by atomic mass is 10.1. The number of nitrogens with zero attached hydrogens (tertiary/aromatic N) is 2. The summed E-state index contributed by atoms with van der Waals surface area (Å²) in [4.78, 5) is 4.74. The average Bonchev–Trinajstić information content (AvgIpc) is 2.62. The lowest BCUT2D eigenvalue weighted by Crippen LogP contribution is -2.47. The van der Waals surface area contributed by atoms with E-state index in [2.05, 4.69) is 21.9 Å². The van der Waals surface area contributed by atoms with E-state index in [0.29, 0.717) is 0 Å². The third-order valence-corrected chi connectivity index (χ3v) is 4.44. The van der Waals surface area contributed by atoms with Gasteiger partial charge in [0.25, 0.3) is 0 Å². The monoisotopic (exact) mass is 350 g/mol. The molecule has 24 heavy (non-hydrogen) atoms. The molecule has 0 aliphatic carbocycles. The number of rotatable bonds is 5. The average molecular weight is 351 g/mol. The van der Waals surface area contributed by atoms with Gasteiger partial charge >= 0.3 is 0 Å². The number of halogens is 2. The summed E-state index contributed by atoms with van der Waals surface area (Å²) in [5.41, 5.74) is 2.31. The molecular weight excluding hydrogens is 327 g/mol. The first kappa shape index (κ1) is 18.7. The molecule has 2 aromatic rings. The van der Waals surface area contributed by atoms with Gasteiger partial charge < -0.3 is 9.64 Å². The van der Waals surface area contributed by atoms with Crippen molar-refractivity contribution >= 4 is 18.1 Å². The molecule has 1 saturated heterocycles. The van der Waals surface area contributed by atoms with E-state index in [1.165, 1.54) is 17.7 Å². The summed E-state index contributed by atoms with van der Waals surface area (Å²) in [5.74, 6) is -0.182. The first-order valence-corrected chi connectivity index (χ1v) is 8.07. The van der Waals surface area contributed by atoms with Crippen LogP contribution in [-0.2, 0) is 4.74 Å². The van der Waals surface area contributed by atoms with Crippen LogP contribution in [0.5, 0.6) is 0 Å². The molecule has 0 amide bonds. The van der Waals surface area contributed by atoms with Crippen LogP contribution in [-0.4, -0.2) is 44.7 Å². The Morgan fingerprint density at radius 1 is 0.958 bits per heavy atom. The Kier molecular flexibility index (Phi) is 7.03. The van der Waals surface area contributed by atoms with E-state index in [-0.39, 0.29) is 24.3 Å². The Labute approximate surface area is 149 Å². The Bertz CT molecular complexity index is 601. The van der Waals surface area contributed by atoms with Gasteiger partial charge in [-0.1, -0.05) is 30.3 Å². The Morgan fingerprint density at radius 3 is 2.17 bits per heavy atom. The van der Waals surface area contributed by atoms with Crippen molar-refractivity contribution in [3.8, 4) is 0 Å². The summed E-state index contributed by atoms with van der Waals surface area (Å²) in [7, 11) is 1.77. The van der Waals surface area contributed by atoms with Crippen molar-refractivity contribution in [3.05, 3.63) is 66.0 Å². The largest absolute Gasteiger partial charge is 0.375 e. The van der Waals surface area contributed by atoms with Gasteiger partial charge in [0, 0.05) is 45.5 Å². The Balaban J connectivity index is 0.00000208. The molecule has 5 heteroatoms. The van der Waals surface area contributed by atoms with Crippen LogP contribution in [0, 0.1) is 5.82 Å². The number of hydrogen-bond donors (Lipinski definition) is 0. The topological polar surface area (TPSA) is 15.7 Å². The summed E-state index contributed by atoms with van der Waals surface area (Å²) < 4.78 is 18.7. The summed E-state index contributed by atoms with van der Waals surface area (Å²) in [6.45, 7) is 4.79. The smallest absolute Gasteiger partial charge is 0.123 e. The van der Waals surface area contributed by atoms with Gasteiger partial charge in [0.2, 0.25) is 0 Å². The first-order chi connectivity index (χ1) is 11.3. The maximum absolute atomic E-state index is 13.0. The number of anilines is 1. The van der Waals surface area contributed by atoms with Gasteiger partial charge in [-0.2, -0.15) is 0 Å². The van der Waals surface area contributed by atoms with Gasteiger partial charge in [-0.15, -0.1) is 12.4 Å². The molecule has 3 nitrogen and oxygen atoms in total. The van der Waals surface area contributed by atoms with E-state index in [0.717, 1.165) is 38.4 Å². The molecule has 0 aromatic heterocycles. The zero-order valence-corrected chi connectivity index (χ0v) is 14.7. The molecule has 0 saturated carbocycles. The lowest BCUT2D eigenvalue weighted by Gasteiger charge is -2.37. The van der Waals surface area contributed by atoms with Crippen LogP contribution in [0.15, 0.2) is 54.6 Å². The van der Waals surface area contributed by atoms with Gasteiger partial charge in [0.05, 0.1) is 6.10 Å². The summed E-state index contributed by atoms with van der Waals surface area (Å²) in [6, 6.07) is 17.1. The van der Waals surface area contributed by atoms with Crippen molar-refractivity contribution in [1.82, 2.24) is 4.90 Å². The number of ether oxygens (including phenoxy) is 1. The normalized spacial score (nSPS) is 16.5. The highest BCUT2D eigenvalue weighted by molar-refractivity contribution is 5.85. The standard InChI is InChI=1S/C19H23FN2O.ClH/c1-23-19(16-5-3-2-4-6-16)15-21-11-13-22(14-12-21)18-9-7-17(20)8-10-18;/h2-10,19H,11-15H2,1H3;1H. The maximum Gasteiger partial charge on any atom is 0.123 e. The predicted octanol–water partition coefficient (Wildman–Crippen LogP) is 3.76. The minimum atomic E-state index is -0.182. The van der Waals surface area contributed by atoms with E-state index in [9.17, 15) is 4.39 Å². The summed E-state index contributed by atoms with van der Waals surface area (Å²) in [6.07, 6.45) is 0.105. The maximum atomic E-state index is 13.0. The van der Waals surface area contributed by atoms with E-state index in [1.807, 2.05) is 30.3 Å². The number of methoxy groups -OCH3 is 1. The van der Waals surface area contributed by atoms with Gasteiger partial charge in [-0.3, -0.25) is 4.90 Å². The van der Waals surface area contributed by atoms with Gasteiger partial charge in [-0.25, -0.2) is 4.39 Å². The highest BCUT2D eigenvalue weighted by Gasteiger charge is 2.21. The fourth-order valence-electron chi connectivity index (χ4n) is 3.06. The Hall–Kier alpha value is -1.62. The minimum Gasteiger partial charge on any atom is -0.375 e. The quantitative estimate of drug-likeness (QED) is 0.816. The molecular formula is C19H24ClFN2O. The molecule has 1 atom stereocenters. The molecule has 130 valence electrons. The zero-order valence-electron chi connectivity index (χ0n) is 13.9. The number of hydrogen-bond acceptors (Lipinski definition) is 3. The predicted molar refractivity (Wildman–Crippen MR) is 98.5 cm³/mol.